The Labute approximate surface area is 72.8 Å². The first-order chi connectivity index (χ1) is 4.89. The average molecular weight is 159 g/mol. The summed E-state index contributed by atoms with van der Waals surface area (Å²) in [6.45, 7) is 13.0. The van der Waals surface area contributed by atoms with Crippen LogP contribution in [-0.2, 0) is 0 Å². The Hall–Kier alpha value is -0.0400. The van der Waals surface area contributed by atoms with Gasteiger partial charge in [0.2, 0.25) is 0 Å². The van der Waals surface area contributed by atoms with Crippen LogP contribution < -0.4 is 0 Å². The van der Waals surface area contributed by atoms with Crippen molar-refractivity contribution in [2.24, 2.45) is 5.92 Å². The Balaban J connectivity index is 0. The highest BCUT2D eigenvalue weighted by atomic mass is 15.1. The Kier molecular flexibility index (Phi) is 6.88. The summed E-state index contributed by atoms with van der Waals surface area (Å²) < 4.78 is 0. The molecule has 1 nitrogen and oxygen atoms in total. The van der Waals surface area contributed by atoms with Crippen molar-refractivity contribution in [3.8, 4) is 0 Å². The minimum absolute atomic E-state index is 0.333. The largest absolute Gasteiger partial charge is 0.304 e. The molecule has 1 heteroatoms. The van der Waals surface area contributed by atoms with E-state index in [1.807, 2.05) is 13.8 Å². The summed E-state index contributed by atoms with van der Waals surface area (Å²) in [5.74, 6) is 0.715. The van der Waals surface area contributed by atoms with Crippen LogP contribution in [0, 0.1) is 5.92 Å². The first-order valence-electron chi connectivity index (χ1n) is 4.56. The third kappa shape index (κ3) is 4.41. The van der Waals surface area contributed by atoms with Crippen LogP contribution in [0.4, 0.5) is 0 Å². The van der Waals surface area contributed by atoms with E-state index in [2.05, 4.69) is 46.7 Å². The van der Waals surface area contributed by atoms with Crippen molar-refractivity contribution in [1.29, 1.82) is 0 Å². The molecule has 0 aromatic carbocycles. The van der Waals surface area contributed by atoms with Crippen molar-refractivity contribution in [2.45, 2.75) is 47.1 Å². The maximum absolute atomic E-state index is 2.26. The van der Waals surface area contributed by atoms with E-state index in [-0.39, 0.29) is 0 Å². The summed E-state index contributed by atoms with van der Waals surface area (Å²) in [7, 11) is 4.25. The fourth-order valence-electron chi connectivity index (χ4n) is 0.516. The second-order valence-corrected chi connectivity index (χ2v) is 3.70. The Morgan fingerprint density at radius 2 is 1.27 bits per heavy atom. The molecule has 0 unspecified atom stereocenters. The molecule has 0 aliphatic heterocycles. The lowest BCUT2D eigenvalue weighted by atomic mass is 9.90. The highest BCUT2D eigenvalue weighted by Crippen LogP contribution is 2.20. The second-order valence-electron chi connectivity index (χ2n) is 3.70. The normalized spacial score (nSPS) is 11.5. The quantitative estimate of drug-likeness (QED) is 0.598. The minimum Gasteiger partial charge on any atom is -0.304 e. The Morgan fingerprint density at radius 3 is 1.27 bits per heavy atom. The first-order valence-corrected chi connectivity index (χ1v) is 4.56. The zero-order valence-corrected chi connectivity index (χ0v) is 9.52. The van der Waals surface area contributed by atoms with E-state index in [1.165, 1.54) is 0 Å². The molecule has 0 radical (unpaired) electrons. The summed E-state index contributed by atoms with van der Waals surface area (Å²) >= 11 is 0. The van der Waals surface area contributed by atoms with Gasteiger partial charge in [-0.15, -0.1) is 0 Å². The van der Waals surface area contributed by atoms with Crippen LogP contribution in [0.1, 0.15) is 41.5 Å². The van der Waals surface area contributed by atoms with Crippen molar-refractivity contribution in [3.05, 3.63) is 0 Å². The fourth-order valence-corrected chi connectivity index (χ4v) is 0.516. The van der Waals surface area contributed by atoms with Crippen LogP contribution in [0.2, 0.25) is 0 Å². The van der Waals surface area contributed by atoms with Gasteiger partial charge < -0.3 is 4.90 Å². The SMILES string of the molecule is CC.CC(C)C(C)(C)N(C)C. The van der Waals surface area contributed by atoms with Crippen LogP contribution >= 0.6 is 0 Å². The highest BCUT2D eigenvalue weighted by Gasteiger charge is 2.23. The molecular weight excluding hydrogens is 134 g/mol. The Morgan fingerprint density at radius 1 is 1.00 bits per heavy atom. The van der Waals surface area contributed by atoms with Crippen molar-refractivity contribution in [3.63, 3.8) is 0 Å². The van der Waals surface area contributed by atoms with Crippen LogP contribution in [0.5, 0.6) is 0 Å². The third-order valence-corrected chi connectivity index (χ3v) is 2.57. The third-order valence-electron chi connectivity index (χ3n) is 2.57. The van der Waals surface area contributed by atoms with Gasteiger partial charge in [-0.25, -0.2) is 0 Å². The molecule has 0 saturated carbocycles. The minimum atomic E-state index is 0.333. The van der Waals surface area contributed by atoms with Gasteiger partial charge in [0.05, 0.1) is 0 Å². The highest BCUT2D eigenvalue weighted by molar-refractivity contribution is 4.79. The van der Waals surface area contributed by atoms with Crippen LogP contribution in [-0.4, -0.2) is 24.5 Å². The van der Waals surface area contributed by atoms with Crippen molar-refractivity contribution in [1.82, 2.24) is 4.90 Å². The molecule has 0 aromatic rings. The predicted octanol–water partition coefficient (Wildman–Crippen LogP) is 3.01. The molecule has 0 aliphatic rings. The first kappa shape index (κ1) is 13.5. The fraction of sp³-hybridized carbons (Fsp3) is 1.00. The van der Waals surface area contributed by atoms with E-state index in [0.717, 1.165) is 0 Å². The molecule has 0 N–H and O–H groups in total. The molecule has 0 heterocycles. The Bertz CT molecular complexity index is 72.9. The maximum Gasteiger partial charge on any atom is 0.0170 e. The molecule has 0 rings (SSSR count). The van der Waals surface area contributed by atoms with Crippen molar-refractivity contribution < 1.29 is 0 Å². The van der Waals surface area contributed by atoms with Gasteiger partial charge in [-0.05, 0) is 33.9 Å². The zero-order valence-electron chi connectivity index (χ0n) is 9.52. The van der Waals surface area contributed by atoms with Gasteiger partial charge in [0.1, 0.15) is 0 Å². The van der Waals surface area contributed by atoms with Crippen LogP contribution in [0.3, 0.4) is 0 Å². The molecular formula is C10H25N. The van der Waals surface area contributed by atoms with E-state index in [4.69, 9.17) is 0 Å². The lowest BCUT2D eigenvalue weighted by Crippen LogP contribution is -2.42. The van der Waals surface area contributed by atoms with Crippen LogP contribution in [0.15, 0.2) is 0 Å². The van der Waals surface area contributed by atoms with Gasteiger partial charge in [0.15, 0.2) is 0 Å². The number of hydrogen-bond acceptors (Lipinski definition) is 1. The molecule has 0 atom stereocenters. The van der Waals surface area contributed by atoms with E-state index < -0.39 is 0 Å². The smallest absolute Gasteiger partial charge is 0.0170 e. The average Bonchev–Trinajstić information content (AvgIpc) is 1.91. The zero-order chi connectivity index (χ0) is 9.65. The van der Waals surface area contributed by atoms with Gasteiger partial charge >= 0.3 is 0 Å². The molecule has 0 spiro atoms. The summed E-state index contributed by atoms with van der Waals surface area (Å²) in [6, 6.07) is 0. The lowest BCUT2D eigenvalue weighted by molar-refractivity contribution is 0.136. The number of nitrogens with zero attached hydrogens (tertiary/aromatic N) is 1. The summed E-state index contributed by atoms with van der Waals surface area (Å²) in [5, 5.41) is 0. The van der Waals surface area contributed by atoms with Gasteiger partial charge in [-0.2, -0.15) is 0 Å². The molecule has 0 aliphatic carbocycles. The molecule has 0 aromatic heterocycles. The summed E-state index contributed by atoms with van der Waals surface area (Å²) in [5.41, 5.74) is 0.333. The molecule has 0 fully saturated rings. The summed E-state index contributed by atoms with van der Waals surface area (Å²) in [4.78, 5) is 2.26. The van der Waals surface area contributed by atoms with E-state index in [0.29, 0.717) is 11.5 Å². The van der Waals surface area contributed by atoms with Gasteiger partial charge in [-0.1, -0.05) is 27.7 Å². The maximum atomic E-state index is 2.26. The standard InChI is InChI=1S/C8H19N.C2H6/c1-7(2)8(3,4)9(5)6;1-2/h7H,1-6H3;1-2H3. The van der Waals surface area contributed by atoms with E-state index in [1.54, 1.807) is 0 Å². The van der Waals surface area contributed by atoms with Gasteiger partial charge in [0.25, 0.3) is 0 Å². The van der Waals surface area contributed by atoms with Crippen molar-refractivity contribution >= 4 is 0 Å². The second kappa shape index (κ2) is 5.59. The van der Waals surface area contributed by atoms with Gasteiger partial charge in [0, 0.05) is 5.54 Å². The molecule has 0 saturated heterocycles. The van der Waals surface area contributed by atoms with Crippen LogP contribution in [0.25, 0.3) is 0 Å². The van der Waals surface area contributed by atoms with Crippen molar-refractivity contribution in [2.75, 3.05) is 14.1 Å². The monoisotopic (exact) mass is 159 g/mol. The summed E-state index contributed by atoms with van der Waals surface area (Å²) in [6.07, 6.45) is 0. The molecule has 0 bridgehead atoms. The van der Waals surface area contributed by atoms with E-state index >= 15 is 0 Å². The predicted molar refractivity (Wildman–Crippen MR) is 54.0 cm³/mol. The van der Waals surface area contributed by atoms with Gasteiger partial charge in [-0.3, -0.25) is 0 Å². The number of hydrogen-bond donors (Lipinski definition) is 0. The molecule has 70 valence electrons. The number of rotatable bonds is 2. The van der Waals surface area contributed by atoms with E-state index in [9.17, 15) is 0 Å². The lowest BCUT2D eigenvalue weighted by Gasteiger charge is -2.36. The topological polar surface area (TPSA) is 3.24 Å². The molecule has 11 heavy (non-hydrogen) atoms. The molecule has 0 amide bonds.